The molecule has 0 bridgehead atoms. The Labute approximate surface area is 186 Å². The van der Waals surface area contributed by atoms with Crippen LogP contribution < -0.4 is 9.47 Å². The standard InChI is InChI=1S/C26H35NO4/c1-26(2,3)31-25(28)27-17-15-22(16-18-27)21-11-13-24(14-12-21)30-20-8-7-19-29-23-9-5-4-6-10-23/h4-6,9-14,22H,7-8,15-20H2,1-3H3. The number of rotatable bonds is 8. The third-order valence-electron chi connectivity index (χ3n) is 5.32. The summed E-state index contributed by atoms with van der Waals surface area (Å²) in [6.45, 7) is 8.57. The van der Waals surface area contributed by atoms with Crippen LogP contribution >= 0.6 is 0 Å². The average molecular weight is 426 g/mol. The number of piperidine rings is 1. The van der Waals surface area contributed by atoms with Gasteiger partial charge in [0.15, 0.2) is 0 Å². The fourth-order valence-corrected chi connectivity index (χ4v) is 3.66. The highest BCUT2D eigenvalue weighted by Gasteiger charge is 2.27. The van der Waals surface area contributed by atoms with Crippen molar-refractivity contribution in [3.8, 4) is 11.5 Å². The smallest absolute Gasteiger partial charge is 0.410 e. The zero-order valence-corrected chi connectivity index (χ0v) is 19.0. The van der Waals surface area contributed by atoms with Crippen molar-refractivity contribution in [1.29, 1.82) is 0 Å². The number of unbranched alkanes of at least 4 members (excludes halogenated alkanes) is 1. The molecule has 0 aliphatic carbocycles. The van der Waals surface area contributed by atoms with E-state index in [9.17, 15) is 4.79 Å². The zero-order chi connectivity index (χ0) is 22.1. The van der Waals surface area contributed by atoms with Crippen LogP contribution in [0.4, 0.5) is 4.79 Å². The molecule has 2 aromatic rings. The molecule has 0 atom stereocenters. The molecule has 2 aromatic carbocycles. The number of likely N-dealkylation sites (tertiary alicyclic amines) is 1. The minimum Gasteiger partial charge on any atom is -0.494 e. The Morgan fingerprint density at radius 1 is 0.871 bits per heavy atom. The molecule has 0 unspecified atom stereocenters. The van der Waals surface area contributed by atoms with E-state index in [1.54, 1.807) is 0 Å². The molecule has 168 valence electrons. The van der Waals surface area contributed by atoms with E-state index in [1.807, 2.05) is 56.0 Å². The fourth-order valence-electron chi connectivity index (χ4n) is 3.66. The molecule has 1 amide bonds. The molecule has 1 heterocycles. The van der Waals surface area contributed by atoms with Gasteiger partial charge < -0.3 is 19.1 Å². The van der Waals surface area contributed by atoms with E-state index in [1.165, 1.54) is 5.56 Å². The third kappa shape index (κ3) is 7.82. The Hall–Kier alpha value is -2.69. The molecule has 31 heavy (non-hydrogen) atoms. The summed E-state index contributed by atoms with van der Waals surface area (Å²) in [6, 6.07) is 18.3. The topological polar surface area (TPSA) is 48.0 Å². The van der Waals surface area contributed by atoms with Crippen LogP contribution in [-0.2, 0) is 4.74 Å². The summed E-state index contributed by atoms with van der Waals surface area (Å²) >= 11 is 0. The fraction of sp³-hybridized carbons (Fsp3) is 0.500. The predicted octanol–water partition coefficient (Wildman–Crippen LogP) is 6.04. The normalized spacial score (nSPS) is 14.9. The molecule has 5 heteroatoms. The quantitative estimate of drug-likeness (QED) is 0.484. The molecular formula is C26H35NO4. The average Bonchev–Trinajstić information content (AvgIpc) is 2.76. The first kappa shape index (κ1) is 23.0. The maximum atomic E-state index is 12.2. The molecule has 0 aromatic heterocycles. The van der Waals surface area contributed by atoms with Crippen molar-refractivity contribution in [2.45, 2.75) is 58.0 Å². The van der Waals surface area contributed by atoms with Crippen LogP contribution in [0.5, 0.6) is 11.5 Å². The summed E-state index contributed by atoms with van der Waals surface area (Å²) in [6.07, 6.45) is 3.63. The molecular weight excluding hydrogens is 390 g/mol. The van der Waals surface area contributed by atoms with E-state index in [4.69, 9.17) is 14.2 Å². The molecule has 1 aliphatic rings. The van der Waals surface area contributed by atoms with Gasteiger partial charge in [0, 0.05) is 13.1 Å². The number of hydrogen-bond acceptors (Lipinski definition) is 4. The number of para-hydroxylation sites is 1. The Kier molecular flexibility index (Phi) is 8.21. The van der Waals surface area contributed by atoms with Gasteiger partial charge in [0.25, 0.3) is 0 Å². The van der Waals surface area contributed by atoms with Gasteiger partial charge in [-0.2, -0.15) is 0 Å². The molecule has 0 saturated carbocycles. The van der Waals surface area contributed by atoms with Gasteiger partial charge in [-0.1, -0.05) is 30.3 Å². The molecule has 5 nitrogen and oxygen atoms in total. The Morgan fingerprint density at radius 3 is 1.97 bits per heavy atom. The number of amides is 1. The van der Waals surface area contributed by atoms with Crippen LogP contribution in [0.25, 0.3) is 0 Å². The number of hydrogen-bond donors (Lipinski definition) is 0. The number of carbonyl (C=O) groups excluding carboxylic acids is 1. The van der Waals surface area contributed by atoms with Gasteiger partial charge in [0.2, 0.25) is 0 Å². The second-order valence-electron chi connectivity index (χ2n) is 9.03. The monoisotopic (exact) mass is 425 g/mol. The minimum absolute atomic E-state index is 0.205. The van der Waals surface area contributed by atoms with E-state index in [-0.39, 0.29) is 6.09 Å². The summed E-state index contributed by atoms with van der Waals surface area (Å²) in [5.41, 5.74) is 0.867. The number of carbonyl (C=O) groups is 1. The Morgan fingerprint density at radius 2 is 1.42 bits per heavy atom. The van der Waals surface area contributed by atoms with Crippen molar-refractivity contribution in [3.05, 3.63) is 60.2 Å². The molecule has 0 radical (unpaired) electrons. The minimum atomic E-state index is -0.446. The lowest BCUT2D eigenvalue weighted by atomic mass is 9.89. The summed E-state index contributed by atoms with van der Waals surface area (Å²) in [7, 11) is 0. The second-order valence-corrected chi connectivity index (χ2v) is 9.03. The van der Waals surface area contributed by atoms with E-state index in [0.717, 1.165) is 50.3 Å². The lowest BCUT2D eigenvalue weighted by Crippen LogP contribution is -2.41. The van der Waals surface area contributed by atoms with E-state index in [0.29, 0.717) is 19.1 Å². The lowest BCUT2D eigenvalue weighted by Gasteiger charge is -2.33. The third-order valence-corrected chi connectivity index (χ3v) is 5.32. The first-order valence-electron chi connectivity index (χ1n) is 11.3. The maximum absolute atomic E-state index is 12.2. The van der Waals surface area contributed by atoms with Crippen LogP contribution in [0.2, 0.25) is 0 Å². The summed E-state index contributed by atoms with van der Waals surface area (Å²) < 4.78 is 17.1. The highest BCUT2D eigenvalue weighted by atomic mass is 16.6. The van der Waals surface area contributed by atoms with E-state index >= 15 is 0 Å². The van der Waals surface area contributed by atoms with Gasteiger partial charge in [-0.25, -0.2) is 4.79 Å². The largest absolute Gasteiger partial charge is 0.494 e. The highest BCUT2D eigenvalue weighted by Crippen LogP contribution is 2.30. The summed E-state index contributed by atoms with van der Waals surface area (Å²) in [4.78, 5) is 14.0. The van der Waals surface area contributed by atoms with Gasteiger partial charge >= 0.3 is 6.09 Å². The summed E-state index contributed by atoms with van der Waals surface area (Å²) in [5, 5.41) is 0. The molecule has 0 N–H and O–H groups in total. The van der Waals surface area contributed by atoms with Crippen molar-refractivity contribution in [2.24, 2.45) is 0 Å². The first-order chi connectivity index (χ1) is 14.9. The van der Waals surface area contributed by atoms with Gasteiger partial charge in [-0.3, -0.25) is 0 Å². The van der Waals surface area contributed by atoms with Gasteiger partial charge in [0.05, 0.1) is 13.2 Å². The highest BCUT2D eigenvalue weighted by molar-refractivity contribution is 5.68. The van der Waals surface area contributed by atoms with Crippen LogP contribution in [0.15, 0.2) is 54.6 Å². The Bertz CT molecular complexity index is 790. The first-order valence-corrected chi connectivity index (χ1v) is 11.3. The molecule has 0 spiro atoms. The number of benzene rings is 2. The zero-order valence-electron chi connectivity index (χ0n) is 19.0. The van der Waals surface area contributed by atoms with Gasteiger partial charge in [-0.15, -0.1) is 0 Å². The van der Waals surface area contributed by atoms with Crippen molar-refractivity contribution in [2.75, 3.05) is 26.3 Å². The lowest BCUT2D eigenvalue weighted by molar-refractivity contribution is 0.0205. The maximum Gasteiger partial charge on any atom is 0.410 e. The van der Waals surface area contributed by atoms with Gasteiger partial charge in [0.1, 0.15) is 17.1 Å². The van der Waals surface area contributed by atoms with Crippen LogP contribution in [-0.4, -0.2) is 42.9 Å². The van der Waals surface area contributed by atoms with Crippen LogP contribution in [0.3, 0.4) is 0 Å². The molecule has 3 rings (SSSR count). The molecule has 1 saturated heterocycles. The SMILES string of the molecule is CC(C)(C)OC(=O)N1CCC(c2ccc(OCCCCOc3ccccc3)cc2)CC1. The predicted molar refractivity (Wildman–Crippen MR) is 123 cm³/mol. The van der Waals surface area contributed by atoms with Crippen molar-refractivity contribution < 1.29 is 19.0 Å². The number of ether oxygens (including phenoxy) is 3. The van der Waals surface area contributed by atoms with Crippen LogP contribution in [0.1, 0.15) is 57.9 Å². The number of nitrogens with zero attached hydrogens (tertiary/aromatic N) is 1. The van der Waals surface area contributed by atoms with Crippen molar-refractivity contribution in [1.82, 2.24) is 4.90 Å². The summed E-state index contributed by atoms with van der Waals surface area (Å²) in [5.74, 6) is 2.29. The van der Waals surface area contributed by atoms with E-state index in [2.05, 4.69) is 24.3 Å². The van der Waals surface area contributed by atoms with Crippen LogP contribution in [0, 0.1) is 0 Å². The molecule has 1 fully saturated rings. The molecule has 1 aliphatic heterocycles. The second kappa shape index (κ2) is 11.1. The van der Waals surface area contributed by atoms with E-state index < -0.39 is 5.60 Å². The Balaban J connectivity index is 1.33. The van der Waals surface area contributed by atoms with Crippen molar-refractivity contribution >= 4 is 6.09 Å². The van der Waals surface area contributed by atoms with Gasteiger partial charge in [-0.05, 0) is 82.2 Å². The van der Waals surface area contributed by atoms with Crippen molar-refractivity contribution in [3.63, 3.8) is 0 Å².